The number of para-hydroxylation sites is 1. The first-order valence-corrected chi connectivity index (χ1v) is 10.1. The number of hydrogen-bond acceptors (Lipinski definition) is 5. The van der Waals surface area contributed by atoms with Gasteiger partial charge in [-0.15, -0.1) is 12.4 Å². The first-order chi connectivity index (χ1) is 11.3. The van der Waals surface area contributed by atoms with Crippen molar-refractivity contribution in [2.75, 3.05) is 33.0 Å². The quantitative estimate of drug-likeness (QED) is 0.799. The summed E-state index contributed by atoms with van der Waals surface area (Å²) in [5.41, 5.74) is 0.868. The number of benzene rings is 1. The fraction of sp³-hybridized carbons (Fsp3) is 0.588. The van der Waals surface area contributed by atoms with Crippen molar-refractivity contribution in [1.82, 2.24) is 10.2 Å². The van der Waals surface area contributed by atoms with Crippen LogP contribution in [0.4, 0.5) is 0 Å². The minimum atomic E-state index is -3.51. The van der Waals surface area contributed by atoms with E-state index in [2.05, 4.69) is 5.32 Å². The SMILES string of the molecule is CCOc1ccccc1CN(C)C(=O)C1(S(C)(=O)=O)CCNCC1.Cl. The molecule has 0 unspecified atom stereocenters. The highest BCUT2D eigenvalue weighted by atomic mass is 35.5. The minimum Gasteiger partial charge on any atom is -0.494 e. The first-order valence-electron chi connectivity index (χ1n) is 8.18. The molecule has 25 heavy (non-hydrogen) atoms. The third-order valence-corrected chi connectivity index (χ3v) is 6.54. The summed E-state index contributed by atoms with van der Waals surface area (Å²) in [7, 11) is -1.85. The molecule has 1 heterocycles. The zero-order valence-electron chi connectivity index (χ0n) is 14.9. The number of hydrogen-bond donors (Lipinski definition) is 1. The fourth-order valence-electron chi connectivity index (χ4n) is 3.18. The van der Waals surface area contributed by atoms with E-state index >= 15 is 0 Å². The van der Waals surface area contributed by atoms with E-state index in [1.54, 1.807) is 7.05 Å². The van der Waals surface area contributed by atoms with Crippen LogP contribution in [0.5, 0.6) is 5.75 Å². The monoisotopic (exact) mass is 390 g/mol. The Hall–Kier alpha value is -1.31. The van der Waals surface area contributed by atoms with Crippen molar-refractivity contribution < 1.29 is 17.9 Å². The Labute approximate surface area is 156 Å². The normalized spacial score (nSPS) is 16.6. The van der Waals surface area contributed by atoms with Gasteiger partial charge in [-0.25, -0.2) is 8.42 Å². The zero-order valence-corrected chi connectivity index (χ0v) is 16.6. The highest BCUT2D eigenvalue weighted by molar-refractivity contribution is 7.92. The maximum absolute atomic E-state index is 13.0. The summed E-state index contributed by atoms with van der Waals surface area (Å²) < 4.78 is 29.0. The van der Waals surface area contributed by atoms with Crippen molar-refractivity contribution in [1.29, 1.82) is 0 Å². The number of nitrogens with one attached hydrogen (secondary N) is 1. The lowest BCUT2D eigenvalue weighted by atomic mass is 9.95. The molecular formula is C17H27ClN2O4S. The highest BCUT2D eigenvalue weighted by Crippen LogP contribution is 2.31. The number of nitrogens with zero attached hydrogens (tertiary/aromatic N) is 1. The maximum Gasteiger partial charge on any atom is 0.244 e. The molecule has 1 aliphatic heterocycles. The van der Waals surface area contributed by atoms with Crippen molar-refractivity contribution in [3.63, 3.8) is 0 Å². The molecule has 0 atom stereocenters. The predicted molar refractivity (Wildman–Crippen MR) is 101 cm³/mol. The summed E-state index contributed by atoms with van der Waals surface area (Å²) in [6.45, 7) is 3.82. The molecule has 1 saturated heterocycles. The van der Waals surface area contributed by atoms with E-state index in [1.165, 1.54) is 4.90 Å². The smallest absolute Gasteiger partial charge is 0.244 e. The molecule has 0 spiro atoms. The lowest BCUT2D eigenvalue weighted by molar-refractivity contribution is -0.134. The number of piperidine rings is 1. The van der Waals surface area contributed by atoms with Gasteiger partial charge in [-0.2, -0.15) is 0 Å². The van der Waals surface area contributed by atoms with Crippen molar-refractivity contribution in [3.05, 3.63) is 29.8 Å². The topological polar surface area (TPSA) is 75.7 Å². The molecule has 0 saturated carbocycles. The largest absolute Gasteiger partial charge is 0.494 e. The molecule has 1 aliphatic rings. The second-order valence-electron chi connectivity index (χ2n) is 6.22. The number of rotatable bonds is 6. The zero-order chi connectivity index (χ0) is 17.8. The predicted octanol–water partition coefficient (Wildman–Crippen LogP) is 1.63. The van der Waals surface area contributed by atoms with Crippen LogP contribution in [0.15, 0.2) is 24.3 Å². The molecule has 0 radical (unpaired) electrons. The van der Waals surface area contributed by atoms with E-state index in [4.69, 9.17) is 4.74 Å². The fourth-order valence-corrected chi connectivity index (χ4v) is 4.60. The van der Waals surface area contributed by atoms with Gasteiger partial charge in [0, 0.05) is 25.4 Å². The first kappa shape index (κ1) is 21.7. The van der Waals surface area contributed by atoms with E-state index in [1.807, 2.05) is 31.2 Å². The van der Waals surface area contributed by atoms with E-state index in [0.717, 1.165) is 17.6 Å². The van der Waals surface area contributed by atoms with Crippen molar-refractivity contribution in [3.8, 4) is 5.75 Å². The van der Waals surface area contributed by atoms with Gasteiger partial charge >= 0.3 is 0 Å². The average Bonchev–Trinajstić information content (AvgIpc) is 2.55. The number of ether oxygens (including phenoxy) is 1. The molecule has 142 valence electrons. The summed E-state index contributed by atoms with van der Waals surface area (Å²) in [4.78, 5) is 14.5. The lowest BCUT2D eigenvalue weighted by Gasteiger charge is -2.37. The minimum absolute atomic E-state index is 0. The number of carbonyl (C=O) groups is 1. The third kappa shape index (κ3) is 4.65. The van der Waals surface area contributed by atoms with Gasteiger partial charge < -0.3 is 15.0 Å². The molecule has 1 N–H and O–H groups in total. The summed E-state index contributed by atoms with van der Waals surface area (Å²) in [5.74, 6) is 0.385. The van der Waals surface area contributed by atoms with Gasteiger partial charge in [0.25, 0.3) is 0 Å². The van der Waals surface area contributed by atoms with Gasteiger partial charge in [0.15, 0.2) is 14.6 Å². The molecule has 1 amide bonds. The molecule has 6 nitrogen and oxygen atoms in total. The Balaban J connectivity index is 0.00000312. The van der Waals surface area contributed by atoms with Crippen LogP contribution in [-0.4, -0.2) is 57.0 Å². The molecule has 8 heteroatoms. The second-order valence-corrected chi connectivity index (χ2v) is 8.54. The molecular weight excluding hydrogens is 364 g/mol. The molecule has 2 rings (SSSR count). The van der Waals surface area contributed by atoms with Crippen LogP contribution >= 0.6 is 12.4 Å². The molecule has 1 fully saturated rings. The summed E-state index contributed by atoms with van der Waals surface area (Å²) in [6, 6.07) is 7.51. The highest BCUT2D eigenvalue weighted by Gasteiger charge is 2.49. The van der Waals surface area contributed by atoms with E-state index in [-0.39, 0.29) is 18.3 Å². The third-order valence-electron chi connectivity index (χ3n) is 4.54. The van der Waals surface area contributed by atoms with Crippen LogP contribution in [-0.2, 0) is 21.2 Å². The van der Waals surface area contributed by atoms with Crippen molar-refractivity contribution in [2.45, 2.75) is 31.1 Å². The average molecular weight is 391 g/mol. The van der Waals surface area contributed by atoms with Gasteiger partial charge in [-0.1, -0.05) is 18.2 Å². The molecule has 0 aliphatic carbocycles. The van der Waals surface area contributed by atoms with Gasteiger partial charge in [0.05, 0.1) is 6.61 Å². The maximum atomic E-state index is 13.0. The molecule has 0 bridgehead atoms. The van der Waals surface area contributed by atoms with Crippen LogP contribution in [0.1, 0.15) is 25.3 Å². The number of sulfone groups is 1. The Bertz CT molecular complexity index is 688. The number of amides is 1. The van der Waals surface area contributed by atoms with E-state index in [0.29, 0.717) is 39.1 Å². The van der Waals surface area contributed by atoms with Gasteiger partial charge in [0.2, 0.25) is 5.91 Å². The Morgan fingerprint density at radius 2 is 1.88 bits per heavy atom. The summed E-state index contributed by atoms with van der Waals surface area (Å²) in [5, 5.41) is 3.13. The van der Waals surface area contributed by atoms with Crippen LogP contribution in [0.3, 0.4) is 0 Å². The Kier molecular flexibility index (Phi) is 7.71. The van der Waals surface area contributed by atoms with Crippen LogP contribution < -0.4 is 10.1 Å². The number of halogens is 1. The lowest BCUT2D eigenvalue weighted by Crippen LogP contribution is -2.57. The molecule has 1 aromatic rings. The van der Waals surface area contributed by atoms with E-state index < -0.39 is 14.6 Å². The van der Waals surface area contributed by atoms with Crippen LogP contribution in [0.25, 0.3) is 0 Å². The van der Waals surface area contributed by atoms with Crippen molar-refractivity contribution in [2.24, 2.45) is 0 Å². The van der Waals surface area contributed by atoms with Crippen LogP contribution in [0, 0.1) is 0 Å². The van der Waals surface area contributed by atoms with Gasteiger partial charge in [-0.05, 0) is 38.9 Å². The summed E-state index contributed by atoms with van der Waals surface area (Å²) >= 11 is 0. The number of carbonyl (C=O) groups excluding carboxylic acids is 1. The van der Waals surface area contributed by atoms with E-state index in [9.17, 15) is 13.2 Å². The standard InChI is InChI=1S/C17H26N2O4S.ClH/c1-4-23-15-8-6-5-7-14(15)13-19(2)16(20)17(24(3,21)22)9-11-18-12-10-17;/h5-8,18H,4,9-13H2,1-3H3;1H. The van der Waals surface area contributed by atoms with Crippen LogP contribution in [0.2, 0.25) is 0 Å². The van der Waals surface area contributed by atoms with Gasteiger partial charge in [-0.3, -0.25) is 4.79 Å². The molecule has 0 aromatic heterocycles. The second kappa shape index (κ2) is 8.87. The van der Waals surface area contributed by atoms with Gasteiger partial charge in [0.1, 0.15) is 5.75 Å². The Morgan fingerprint density at radius 3 is 2.44 bits per heavy atom. The molecule has 1 aromatic carbocycles. The summed E-state index contributed by atoms with van der Waals surface area (Å²) in [6.07, 6.45) is 1.78. The van der Waals surface area contributed by atoms with Crippen molar-refractivity contribution >= 4 is 28.2 Å². The Morgan fingerprint density at radius 1 is 1.28 bits per heavy atom.